The van der Waals surface area contributed by atoms with Crippen LogP contribution in [0.2, 0.25) is 5.15 Å². The summed E-state index contributed by atoms with van der Waals surface area (Å²) in [5.74, 6) is 0.900. The molecule has 0 aliphatic carbocycles. The fraction of sp³-hybridized carbons (Fsp3) is 0.158. The largest absolute Gasteiger partial charge is 0.363 e. The number of hydrogen-bond donors (Lipinski definition) is 0. The first-order valence-corrected chi connectivity index (χ1v) is 8.49. The van der Waals surface area contributed by atoms with E-state index in [4.69, 9.17) is 11.6 Å². The van der Waals surface area contributed by atoms with Crippen LogP contribution < -0.4 is 4.90 Å². The Bertz CT molecular complexity index is 1090. The zero-order valence-corrected chi connectivity index (χ0v) is 15.4. The highest BCUT2D eigenvalue weighted by atomic mass is 35.5. The van der Waals surface area contributed by atoms with Crippen LogP contribution in [-0.4, -0.2) is 38.8 Å². The molecule has 0 spiro atoms. The molecule has 7 heteroatoms. The van der Waals surface area contributed by atoms with E-state index in [0.29, 0.717) is 5.15 Å². The van der Waals surface area contributed by atoms with E-state index in [1.54, 1.807) is 10.7 Å². The minimum atomic E-state index is 0.450. The fourth-order valence-corrected chi connectivity index (χ4v) is 2.99. The van der Waals surface area contributed by atoms with E-state index < -0.39 is 0 Å². The number of hydrogen-bond acceptors (Lipinski definition) is 5. The zero-order chi connectivity index (χ0) is 18.3. The third kappa shape index (κ3) is 2.99. The van der Waals surface area contributed by atoms with E-state index >= 15 is 0 Å². The van der Waals surface area contributed by atoms with Crippen molar-refractivity contribution in [3.8, 4) is 22.4 Å². The Morgan fingerprint density at radius 3 is 2.50 bits per heavy atom. The van der Waals surface area contributed by atoms with Gasteiger partial charge in [-0.15, -0.1) is 0 Å². The molecule has 130 valence electrons. The highest BCUT2D eigenvalue weighted by Gasteiger charge is 2.14. The molecule has 0 aliphatic rings. The van der Waals surface area contributed by atoms with Crippen LogP contribution in [0.4, 0.5) is 5.82 Å². The van der Waals surface area contributed by atoms with E-state index in [1.165, 1.54) is 0 Å². The minimum absolute atomic E-state index is 0.450. The molecule has 4 heterocycles. The maximum absolute atomic E-state index is 6.02. The first-order chi connectivity index (χ1) is 12.5. The average Bonchev–Trinajstić information content (AvgIpc) is 3.03. The van der Waals surface area contributed by atoms with Gasteiger partial charge in [0, 0.05) is 56.4 Å². The van der Waals surface area contributed by atoms with Gasteiger partial charge in [-0.3, -0.25) is 9.67 Å². The summed E-state index contributed by atoms with van der Waals surface area (Å²) < 4.78 is 1.79. The van der Waals surface area contributed by atoms with Crippen LogP contribution in [0.3, 0.4) is 0 Å². The summed E-state index contributed by atoms with van der Waals surface area (Å²) in [6.07, 6.45) is 5.65. The predicted molar refractivity (Wildman–Crippen MR) is 104 cm³/mol. The van der Waals surface area contributed by atoms with E-state index in [9.17, 15) is 0 Å². The van der Waals surface area contributed by atoms with Gasteiger partial charge >= 0.3 is 0 Å². The molecule has 0 aliphatic heterocycles. The molecule has 0 radical (unpaired) electrons. The van der Waals surface area contributed by atoms with Crippen molar-refractivity contribution in [2.45, 2.75) is 0 Å². The molecule has 4 rings (SSSR count). The molecule has 26 heavy (non-hydrogen) atoms. The average molecular weight is 365 g/mol. The van der Waals surface area contributed by atoms with Crippen molar-refractivity contribution in [3.05, 3.63) is 54.1 Å². The van der Waals surface area contributed by atoms with Crippen molar-refractivity contribution in [2.24, 2.45) is 7.05 Å². The Morgan fingerprint density at radius 1 is 0.962 bits per heavy atom. The minimum Gasteiger partial charge on any atom is -0.363 e. The molecule has 0 bridgehead atoms. The van der Waals surface area contributed by atoms with Gasteiger partial charge in [0.2, 0.25) is 0 Å². The van der Waals surface area contributed by atoms with E-state index in [-0.39, 0.29) is 0 Å². The smallest absolute Gasteiger partial charge is 0.129 e. The molecular weight excluding hydrogens is 348 g/mol. The molecule has 4 aromatic heterocycles. The standard InChI is InChI=1S/C19H17ClN6/c1-25(2)18-7-4-12(9-22-18)19-14(11-26(3)24-19)13-8-16-15(21-10-13)5-6-17(20)23-16/h4-11H,1-3H3. The predicted octanol–water partition coefficient (Wildman–Crippen LogP) is 3.81. The number of anilines is 1. The number of nitrogens with zero attached hydrogens (tertiary/aromatic N) is 6. The van der Waals surface area contributed by atoms with Gasteiger partial charge in [0.05, 0.1) is 11.0 Å². The topological polar surface area (TPSA) is 59.7 Å². The van der Waals surface area contributed by atoms with Gasteiger partial charge in [-0.25, -0.2) is 9.97 Å². The number of pyridine rings is 3. The lowest BCUT2D eigenvalue weighted by Crippen LogP contribution is -2.10. The first-order valence-electron chi connectivity index (χ1n) is 8.11. The van der Waals surface area contributed by atoms with Crippen molar-refractivity contribution < 1.29 is 0 Å². The second kappa shape index (κ2) is 6.38. The monoisotopic (exact) mass is 364 g/mol. The molecule has 0 unspecified atom stereocenters. The number of rotatable bonds is 3. The molecular formula is C19H17ClN6. The molecule has 0 fully saturated rings. The number of halogens is 1. The lowest BCUT2D eigenvalue weighted by atomic mass is 10.0. The van der Waals surface area contributed by atoms with Crippen molar-refractivity contribution in [3.63, 3.8) is 0 Å². The first kappa shape index (κ1) is 16.5. The van der Waals surface area contributed by atoms with Crippen LogP contribution in [0, 0.1) is 0 Å². The lowest BCUT2D eigenvalue weighted by Gasteiger charge is -2.11. The van der Waals surface area contributed by atoms with Gasteiger partial charge in [0.25, 0.3) is 0 Å². The van der Waals surface area contributed by atoms with Crippen molar-refractivity contribution >= 4 is 28.5 Å². The Morgan fingerprint density at radius 2 is 1.77 bits per heavy atom. The summed E-state index contributed by atoms with van der Waals surface area (Å²) in [4.78, 5) is 15.3. The van der Waals surface area contributed by atoms with Crippen LogP contribution in [0.1, 0.15) is 0 Å². The van der Waals surface area contributed by atoms with Crippen molar-refractivity contribution in [2.75, 3.05) is 19.0 Å². The zero-order valence-electron chi connectivity index (χ0n) is 14.7. The van der Waals surface area contributed by atoms with E-state index in [1.807, 2.05) is 68.9 Å². The molecule has 0 saturated heterocycles. The molecule has 0 saturated carbocycles. The summed E-state index contributed by atoms with van der Waals surface area (Å²) in [5.41, 5.74) is 5.28. The Kier molecular flexibility index (Phi) is 4.05. The van der Waals surface area contributed by atoms with Crippen LogP contribution >= 0.6 is 11.6 Å². The van der Waals surface area contributed by atoms with Gasteiger partial charge in [0.1, 0.15) is 16.7 Å². The van der Waals surface area contributed by atoms with Gasteiger partial charge in [-0.1, -0.05) is 11.6 Å². The van der Waals surface area contributed by atoms with Crippen molar-refractivity contribution in [1.29, 1.82) is 0 Å². The van der Waals surface area contributed by atoms with Gasteiger partial charge < -0.3 is 4.90 Å². The maximum Gasteiger partial charge on any atom is 0.129 e. The van der Waals surface area contributed by atoms with Crippen LogP contribution in [0.5, 0.6) is 0 Å². The molecule has 4 aromatic rings. The van der Waals surface area contributed by atoms with Crippen LogP contribution in [0.15, 0.2) is 48.9 Å². The van der Waals surface area contributed by atoms with Gasteiger partial charge in [0.15, 0.2) is 0 Å². The molecule has 0 amide bonds. The van der Waals surface area contributed by atoms with Crippen molar-refractivity contribution in [1.82, 2.24) is 24.7 Å². The summed E-state index contributed by atoms with van der Waals surface area (Å²) in [5, 5.41) is 5.07. The van der Waals surface area contributed by atoms with Gasteiger partial charge in [-0.2, -0.15) is 5.10 Å². The highest BCUT2D eigenvalue weighted by Crippen LogP contribution is 2.32. The molecule has 6 nitrogen and oxygen atoms in total. The molecule has 0 aromatic carbocycles. The number of aryl methyl sites for hydroxylation is 1. The fourth-order valence-electron chi connectivity index (χ4n) is 2.83. The number of fused-ring (bicyclic) bond motifs is 1. The Labute approximate surface area is 156 Å². The van der Waals surface area contributed by atoms with Crippen LogP contribution in [0.25, 0.3) is 33.4 Å². The van der Waals surface area contributed by atoms with Crippen LogP contribution in [-0.2, 0) is 7.05 Å². The third-order valence-electron chi connectivity index (χ3n) is 4.12. The Balaban J connectivity index is 1.83. The Hall–Kier alpha value is -2.99. The molecule has 0 atom stereocenters. The second-order valence-electron chi connectivity index (χ2n) is 6.26. The summed E-state index contributed by atoms with van der Waals surface area (Å²) in [7, 11) is 5.83. The van der Waals surface area contributed by atoms with E-state index in [0.717, 1.165) is 39.2 Å². The van der Waals surface area contributed by atoms with E-state index in [2.05, 4.69) is 20.1 Å². The SMILES string of the molecule is CN(C)c1ccc(-c2nn(C)cc2-c2cnc3ccc(Cl)nc3c2)cn1. The second-order valence-corrected chi connectivity index (χ2v) is 6.65. The summed E-state index contributed by atoms with van der Waals surface area (Å²) >= 11 is 6.02. The normalized spacial score (nSPS) is 11.1. The third-order valence-corrected chi connectivity index (χ3v) is 4.33. The maximum atomic E-state index is 6.02. The summed E-state index contributed by atoms with van der Waals surface area (Å²) in [6, 6.07) is 9.59. The molecule has 0 N–H and O–H groups in total. The lowest BCUT2D eigenvalue weighted by molar-refractivity contribution is 0.771. The van der Waals surface area contributed by atoms with Gasteiger partial charge in [-0.05, 0) is 30.3 Å². The highest BCUT2D eigenvalue weighted by molar-refractivity contribution is 6.29. The quantitative estimate of drug-likeness (QED) is 0.517. The number of aromatic nitrogens is 5. The summed E-state index contributed by atoms with van der Waals surface area (Å²) in [6.45, 7) is 0.